The van der Waals surface area contributed by atoms with E-state index in [1.807, 2.05) is 0 Å². The summed E-state index contributed by atoms with van der Waals surface area (Å²) in [5, 5.41) is 8.91. The average Bonchev–Trinajstić information content (AvgIpc) is 1.87. The highest BCUT2D eigenvalue weighted by Crippen LogP contribution is 1.94. The van der Waals surface area contributed by atoms with Gasteiger partial charge in [0.15, 0.2) is 0 Å². The fraction of sp³-hybridized carbons (Fsp3) is 1.00. The highest BCUT2D eigenvalue weighted by molar-refractivity contribution is 6.18. The van der Waals surface area contributed by atoms with Crippen LogP contribution in [0.4, 0.5) is 0 Å². The van der Waals surface area contributed by atoms with Crippen molar-refractivity contribution in [1.82, 2.24) is 0 Å². The van der Waals surface area contributed by atoms with Crippen molar-refractivity contribution in [3.8, 4) is 0 Å². The van der Waals surface area contributed by atoms with Crippen LogP contribution in [0, 0.1) is 5.92 Å². The van der Waals surface area contributed by atoms with E-state index < -0.39 is 6.10 Å². The summed E-state index contributed by atoms with van der Waals surface area (Å²) >= 11 is 5.34. The monoisotopic (exact) mass is 166 g/mol. The van der Waals surface area contributed by atoms with Gasteiger partial charge in [-0.05, 0) is 5.92 Å². The Labute approximate surface area is 67.1 Å². The van der Waals surface area contributed by atoms with Gasteiger partial charge in [0, 0.05) is 6.61 Å². The van der Waals surface area contributed by atoms with Gasteiger partial charge in [0.05, 0.1) is 18.6 Å². The highest BCUT2D eigenvalue weighted by Gasteiger charge is 2.01. The fourth-order valence-corrected chi connectivity index (χ4v) is 0.573. The summed E-state index contributed by atoms with van der Waals surface area (Å²) in [6.07, 6.45) is -0.514. The average molecular weight is 167 g/mol. The molecular formula is C7H15ClO2. The summed E-state index contributed by atoms with van der Waals surface area (Å²) in [4.78, 5) is 0. The number of hydrogen-bond acceptors (Lipinski definition) is 2. The lowest BCUT2D eigenvalue weighted by Crippen LogP contribution is -2.18. The SMILES string of the molecule is CC(C)COC[C@@H](O)CCl. The van der Waals surface area contributed by atoms with E-state index in [0.29, 0.717) is 19.1 Å². The van der Waals surface area contributed by atoms with Gasteiger partial charge in [-0.2, -0.15) is 0 Å². The van der Waals surface area contributed by atoms with Crippen LogP contribution in [-0.4, -0.2) is 30.3 Å². The summed E-state index contributed by atoms with van der Waals surface area (Å²) in [6, 6.07) is 0. The zero-order valence-electron chi connectivity index (χ0n) is 6.51. The molecule has 0 spiro atoms. The van der Waals surface area contributed by atoms with Crippen molar-refractivity contribution in [3.63, 3.8) is 0 Å². The molecule has 3 heteroatoms. The molecule has 62 valence electrons. The Hall–Kier alpha value is 0.210. The molecule has 1 atom stereocenters. The van der Waals surface area contributed by atoms with E-state index in [1.165, 1.54) is 0 Å². The van der Waals surface area contributed by atoms with Gasteiger partial charge < -0.3 is 9.84 Å². The number of hydrogen-bond donors (Lipinski definition) is 1. The Kier molecular flexibility index (Phi) is 6.08. The smallest absolute Gasteiger partial charge is 0.0908 e. The van der Waals surface area contributed by atoms with Crippen molar-refractivity contribution in [1.29, 1.82) is 0 Å². The van der Waals surface area contributed by atoms with Crippen molar-refractivity contribution in [3.05, 3.63) is 0 Å². The van der Waals surface area contributed by atoms with Crippen molar-refractivity contribution in [2.45, 2.75) is 20.0 Å². The summed E-state index contributed by atoms with van der Waals surface area (Å²) in [5.74, 6) is 0.764. The standard InChI is InChI=1S/C7H15ClO2/c1-6(2)4-10-5-7(9)3-8/h6-7,9H,3-5H2,1-2H3/t7-/m0/s1. The van der Waals surface area contributed by atoms with Gasteiger partial charge in [-0.3, -0.25) is 0 Å². The summed E-state index contributed by atoms with van der Waals surface area (Å²) in [7, 11) is 0. The van der Waals surface area contributed by atoms with Crippen molar-refractivity contribution in [2.75, 3.05) is 19.1 Å². The molecule has 0 aliphatic heterocycles. The molecule has 0 saturated carbocycles. The second kappa shape index (κ2) is 5.96. The summed E-state index contributed by atoms with van der Waals surface area (Å²) in [6.45, 7) is 5.16. The molecule has 0 saturated heterocycles. The quantitative estimate of drug-likeness (QED) is 0.624. The van der Waals surface area contributed by atoms with Gasteiger partial charge >= 0.3 is 0 Å². The number of aliphatic hydroxyl groups excluding tert-OH is 1. The minimum absolute atomic E-state index is 0.248. The first-order chi connectivity index (χ1) is 4.66. The van der Waals surface area contributed by atoms with Crippen LogP contribution in [0.15, 0.2) is 0 Å². The largest absolute Gasteiger partial charge is 0.389 e. The van der Waals surface area contributed by atoms with Gasteiger partial charge in [0.2, 0.25) is 0 Å². The minimum atomic E-state index is -0.514. The van der Waals surface area contributed by atoms with E-state index in [9.17, 15) is 0 Å². The number of rotatable bonds is 5. The molecule has 2 nitrogen and oxygen atoms in total. The molecule has 0 aromatic heterocycles. The zero-order valence-corrected chi connectivity index (χ0v) is 7.27. The number of halogens is 1. The van der Waals surface area contributed by atoms with E-state index >= 15 is 0 Å². The Morgan fingerprint density at radius 3 is 2.40 bits per heavy atom. The summed E-state index contributed by atoms with van der Waals surface area (Å²) < 4.78 is 5.11. The molecule has 0 bridgehead atoms. The first-order valence-corrected chi connectivity index (χ1v) is 4.02. The normalized spacial score (nSPS) is 14.1. The molecule has 0 radical (unpaired) electrons. The van der Waals surface area contributed by atoms with Crippen molar-refractivity contribution >= 4 is 11.6 Å². The molecule has 0 aromatic rings. The molecular weight excluding hydrogens is 152 g/mol. The number of aliphatic hydroxyl groups is 1. The molecule has 0 heterocycles. The first-order valence-electron chi connectivity index (χ1n) is 3.48. The maximum Gasteiger partial charge on any atom is 0.0908 e. The van der Waals surface area contributed by atoms with E-state index in [0.717, 1.165) is 0 Å². The van der Waals surface area contributed by atoms with Crippen LogP contribution in [0.25, 0.3) is 0 Å². The lowest BCUT2D eigenvalue weighted by atomic mass is 10.2. The number of ether oxygens (including phenoxy) is 1. The summed E-state index contributed by atoms with van der Waals surface area (Å²) in [5.41, 5.74) is 0. The third-order valence-corrected chi connectivity index (χ3v) is 1.30. The van der Waals surface area contributed by atoms with Gasteiger partial charge in [-0.25, -0.2) is 0 Å². The van der Waals surface area contributed by atoms with Crippen LogP contribution in [0.3, 0.4) is 0 Å². The van der Waals surface area contributed by atoms with Gasteiger partial charge in [-0.1, -0.05) is 13.8 Å². The maximum absolute atomic E-state index is 8.91. The van der Waals surface area contributed by atoms with E-state index in [1.54, 1.807) is 0 Å². The van der Waals surface area contributed by atoms with Gasteiger partial charge in [-0.15, -0.1) is 11.6 Å². The third-order valence-electron chi connectivity index (χ3n) is 0.940. The van der Waals surface area contributed by atoms with Gasteiger partial charge in [0.25, 0.3) is 0 Å². The van der Waals surface area contributed by atoms with E-state index in [-0.39, 0.29) is 5.88 Å². The minimum Gasteiger partial charge on any atom is -0.389 e. The lowest BCUT2D eigenvalue weighted by Gasteiger charge is -2.09. The van der Waals surface area contributed by atoms with Crippen LogP contribution in [0.2, 0.25) is 0 Å². The van der Waals surface area contributed by atoms with Crippen LogP contribution < -0.4 is 0 Å². The predicted molar refractivity (Wildman–Crippen MR) is 42.4 cm³/mol. The Morgan fingerprint density at radius 2 is 2.00 bits per heavy atom. The zero-order chi connectivity index (χ0) is 7.98. The Morgan fingerprint density at radius 1 is 1.40 bits per heavy atom. The number of alkyl halides is 1. The van der Waals surface area contributed by atoms with Crippen molar-refractivity contribution in [2.24, 2.45) is 5.92 Å². The van der Waals surface area contributed by atoms with E-state index in [2.05, 4.69) is 13.8 Å². The van der Waals surface area contributed by atoms with Crippen molar-refractivity contribution < 1.29 is 9.84 Å². The lowest BCUT2D eigenvalue weighted by molar-refractivity contribution is 0.0359. The van der Waals surface area contributed by atoms with E-state index in [4.69, 9.17) is 21.4 Å². The highest BCUT2D eigenvalue weighted by atomic mass is 35.5. The van der Waals surface area contributed by atoms with Crippen LogP contribution in [0.1, 0.15) is 13.8 Å². The molecule has 0 aliphatic rings. The molecule has 1 N–H and O–H groups in total. The molecule has 0 aliphatic carbocycles. The molecule has 0 aromatic carbocycles. The van der Waals surface area contributed by atoms with Crippen LogP contribution >= 0.6 is 11.6 Å². The second-order valence-corrected chi connectivity index (χ2v) is 3.05. The third kappa shape index (κ3) is 6.33. The molecule has 10 heavy (non-hydrogen) atoms. The fourth-order valence-electron chi connectivity index (χ4n) is 0.484. The maximum atomic E-state index is 8.91. The van der Waals surface area contributed by atoms with Crippen LogP contribution in [0.5, 0.6) is 0 Å². The Balaban J connectivity index is 3.03. The second-order valence-electron chi connectivity index (χ2n) is 2.74. The van der Waals surface area contributed by atoms with Crippen LogP contribution in [-0.2, 0) is 4.74 Å². The molecule has 0 fully saturated rings. The predicted octanol–water partition coefficient (Wildman–Crippen LogP) is 1.26. The molecule has 0 unspecified atom stereocenters. The molecule has 0 rings (SSSR count). The Bertz CT molecular complexity index is 76.0. The first kappa shape index (κ1) is 10.2. The topological polar surface area (TPSA) is 29.5 Å². The van der Waals surface area contributed by atoms with Gasteiger partial charge in [0.1, 0.15) is 0 Å². The molecule has 0 amide bonds.